The highest BCUT2D eigenvalue weighted by atomic mass is 19.1. The highest BCUT2D eigenvalue weighted by Gasteiger charge is 2.30. The van der Waals surface area contributed by atoms with E-state index in [2.05, 4.69) is 10.6 Å². The standard InChI is InChI=1S/C19H29FN4O3/c1-19(2,18(21)27)23-17(26)15(6-5-11-24(3)4)22-16(25)12-13-7-9-14(20)10-8-13/h7-10,15H,5-6,11-12H2,1-4H3,(H2,21,27)(H,22,25)(H,23,26)/t15-/m1/s1. The Morgan fingerprint density at radius 2 is 1.78 bits per heavy atom. The highest BCUT2D eigenvalue weighted by Crippen LogP contribution is 2.07. The van der Waals surface area contributed by atoms with Crippen molar-refractivity contribution < 1.29 is 18.8 Å². The lowest BCUT2D eigenvalue weighted by Gasteiger charge is -2.26. The van der Waals surface area contributed by atoms with Crippen molar-refractivity contribution in [2.24, 2.45) is 5.73 Å². The smallest absolute Gasteiger partial charge is 0.243 e. The van der Waals surface area contributed by atoms with Crippen molar-refractivity contribution in [1.82, 2.24) is 15.5 Å². The average molecular weight is 380 g/mol. The van der Waals surface area contributed by atoms with Gasteiger partial charge in [0.05, 0.1) is 6.42 Å². The van der Waals surface area contributed by atoms with Crippen LogP contribution in [0.4, 0.5) is 4.39 Å². The molecule has 0 radical (unpaired) electrons. The van der Waals surface area contributed by atoms with Crippen LogP contribution in [0.2, 0.25) is 0 Å². The van der Waals surface area contributed by atoms with E-state index in [9.17, 15) is 18.8 Å². The van der Waals surface area contributed by atoms with Crippen molar-refractivity contribution in [1.29, 1.82) is 0 Å². The third-order valence-electron chi connectivity index (χ3n) is 4.08. The molecule has 7 nitrogen and oxygen atoms in total. The Hall–Kier alpha value is -2.48. The van der Waals surface area contributed by atoms with Crippen LogP contribution in [0.25, 0.3) is 0 Å². The van der Waals surface area contributed by atoms with Crippen molar-refractivity contribution in [3.05, 3.63) is 35.6 Å². The van der Waals surface area contributed by atoms with Gasteiger partial charge < -0.3 is 21.3 Å². The van der Waals surface area contributed by atoms with Crippen molar-refractivity contribution in [3.8, 4) is 0 Å². The summed E-state index contributed by atoms with van der Waals surface area (Å²) < 4.78 is 13.0. The molecule has 0 saturated carbocycles. The number of benzene rings is 1. The zero-order chi connectivity index (χ0) is 20.6. The highest BCUT2D eigenvalue weighted by molar-refractivity contribution is 5.93. The lowest BCUT2D eigenvalue weighted by Crippen LogP contribution is -2.58. The van der Waals surface area contributed by atoms with Crippen LogP contribution in [0.5, 0.6) is 0 Å². The molecular formula is C19H29FN4O3. The molecule has 1 aromatic carbocycles. The summed E-state index contributed by atoms with van der Waals surface area (Å²) in [7, 11) is 3.83. The molecule has 0 heterocycles. The summed E-state index contributed by atoms with van der Waals surface area (Å²) in [4.78, 5) is 38.3. The Morgan fingerprint density at radius 1 is 1.19 bits per heavy atom. The monoisotopic (exact) mass is 380 g/mol. The molecule has 0 fully saturated rings. The van der Waals surface area contributed by atoms with E-state index >= 15 is 0 Å². The van der Waals surface area contributed by atoms with Gasteiger partial charge in [0, 0.05) is 0 Å². The molecule has 1 rings (SSSR count). The van der Waals surface area contributed by atoms with Gasteiger partial charge in [0.2, 0.25) is 17.7 Å². The van der Waals surface area contributed by atoms with Crippen molar-refractivity contribution in [2.75, 3.05) is 20.6 Å². The van der Waals surface area contributed by atoms with Gasteiger partial charge in [-0.1, -0.05) is 12.1 Å². The first-order chi connectivity index (χ1) is 12.5. The number of primary amides is 1. The minimum absolute atomic E-state index is 0.0248. The summed E-state index contributed by atoms with van der Waals surface area (Å²) in [5.74, 6) is -1.87. The van der Waals surface area contributed by atoms with E-state index in [-0.39, 0.29) is 18.1 Å². The number of rotatable bonds is 10. The summed E-state index contributed by atoms with van der Waals surface area (Å²) in [6.07, 6.45) is 1.11. The van der Waals surface area contributed by atoms with Gasteiger partial charge >= 0.3 is 0 Å². The average Bonchev–Trinajstić information content (AvgIpc) is 2.55. The first kappa shape index (κ1) is 22.6. The number of halogens is 1. The van der Waals surface area contributed by atoms with E-state index < -0.39 is 23.4 Å². The first-order valence-corrected chi connectivity index (χ1v) is 8.81. The van der Waals surface area contributed by atoms with Crippen LogP contribution in [0, 0.1) is 5.82 Å². The lowest BCUT2D eigenvalue weighted by atomic mass is 10.0. The van der Waals surface area contributed by atoms with Crippen LogP contribution in [0.15, 0.2) is 24.3 Å². The maximum Gasteiger partial charge on any atom is 0.243 e. The Bertz CT molecular complexity index is 659. The van der Waals surface area contributed by atoms with E-state index in [0.717, 1.165) is 6.54 Å². The normalized spacial score (nSPS) is 12.5. The summed E-state index contributed by atoms with van der Waals surface area (Å²) in [6, 6.07) is 4.80. The first-order valence-electron chi connectivity index (χ1n) is 8.81. The maximum absolute atomic E-state index is 13.0. The number of nitrogens with two attached hydrogens (primary N) is 1. The second-order valence-corrected chi connectivity index (χ2v) is 7.35. The zero-order valence-corrected chi connectivity index (χ0v) is 16.3. The third-order valence-corrected chi connectivity index (χ3v) is 4.08. The van der Waals surface area contributed by atoms with Crippen LogP contribution in [-0.4, -0.2) is 54.8 Å². The molecule has 8 heteroatoms. The van der Waals surface area contributed by atoms with Crippen LogP contribution in [0.3, 0.4) is 0 Å². The lowest BCUT2D eigenvalue weighted by molar-refractivity contribution is -0.133. The fraction of sp³-hybridized carbons (Fsp3) is 0.526. The number of hydrogen-bond acceptors (Lipinski definition) is 4. The van der Waals surface area contributed by atoms with Gasteiger partial charge in [0.25, 0.3) is 0 Å². The molecule has 4 N–H and O–H groups in total. The summed E-state index contributed by atoms with van der Waals surface area (Å²) in [5, 5.41) is 5.28. The van der Waals surface area contributed by atoms with Crippen molar-refractivity contribution >= 4 is 17.7 Å². The van der Waals surface area contributed by atoms with Crippen LogP contribution < -0.4 is 16.4 Å². The zero-order valence-electron chi connectivity index (χ0n) is 16.3. The van der Waals surface area contributed by atoms with Gasteiger partial charge in [0.1, 0.15) is 17.4 Å². The topological polar surface area (TPSA) is 105 Å². The van der Waals surface area contributed by atoms with Gasteiger partial charge in [0.15, 0.2) is 0 Å². The van der Waals surface area contributed by atoms with E-state index in [1.807, 2.05) is 19.0 Å². The van der Waals surface area contributed by atoms with Gasteiger partial charge in [-0.25, -0.2) is 4.39 Å². The fourth-order valence-corrected chi connectivity index (χ4v) is 2.37. The van der Waals surface area contributed by atoms with E-state index in [1.165, 1.54) is 38.1 Å². The predicted octanol–water partition coefficient (Wildman–Crippen LogP) is 0.575. The van der Waals surface area contributed by atoms with Crippen molar-refractivity contribution in [2.45, 2.75) is 44.7 Å². The van der Waals surface area contributed by atoms with Gasteiger partial charge in [-0.2, -0.15) is 0 Å². The number of carbonyl (C=O) groups excluding carboxylic acids is 3. The second-order valence-electron chi connectivity index (χ2n) is 7.35. The minimum Gasteiger partial charge on any atom is -0.368 e. The Labute approximate surface area is 159 Å². The summed E-state index contributed by atoms with van der Waals surface area (Å²) in [5.41, 5.74) is 4.71. The fourth-order valence-electron chi connectivity index (χ4n) is 2.37. The van der Waals surface area contributed by atoms with Gasteiger partial charge in [-0.15, -0.1) is 0 Å². The molecular weight excluding hydrogens is 351 g/mol. The second kappa shape index (κ2) is 10.0. The molecule has 150 valence electrons. The van der Waals surface area contributed by atoms with Gasteiger partial charge in [-0.3, -0.25) is 14.4 Å². The van der Waals surface area contributed by atoms with E-state index in [1.54, 1.807) is 0 Å². The quantitative estimate of drug-likeness (QED) is 0.552. The summed E-state index contributed by atoms with van der Waals surface area (Å²) in [6.45, 7) is 3.76. The molecule has 1 aromatic rings. The minimum atomic E-state index is -1.22. The molecule has 0 bridgehead atoms. The molecule has 0 aliphatic carbocycles. The van der Waals surface area contributed by atoms with E-state index in [4.69, 9.17) is 5.73 Å². The summed E-state index contributed by atoms with van der Waals surface area (Å²) >= 11 is 0. The molecule has 0 aromatic heterocycles. The molecule has 0 aliphatic heterocycles. The molecule has 27 heavy (non-hydrogen) atoms. The number of amides is 3. The Balaban J connectivity index is 2.77. The van der Waals surface area contributed by atoms with Gasteiger partial charge in [-0.05, 0) is 65.0 Å². The molecule has 0 aliphatic rings. The largest absolute Gasteiger partial charge is 0.368 e. The Morgan fingerprint density at radius 3 is 2.30 bits per heavy atom. The molecule has 0 spiro atoms. The predicted molar refractivity (Wildman–Crippen MR) is 101 cm³/mol. The number of nitrogens with one attached hydrogen (secondary N) is 2. The molecule has 0 unspecified atom stereocenters. The van der Waals surface area contributed by atoms with Crippen LogP contribution in [0.1, 0.15) is 32.3 Å². The SMILES string of the molecule is CN(C)CCC[C@@H](NC(=O)Cc1ccc(F)cc1)C(=O)NC(C)(C)C(N)=O. The maximum atomic E-state index is 13.0. The third kappa shape index (κ3) is 8.17. The molecule has 3 amide bonds. The molecule has 0 saturated heterocycles. The number of hydrogen-bond donors (Lipinski definition) is 3. The number of carbonyl (C=O) groups is 3. The van der Waals surface area contributed by atoms with E-state index in [0.29, 0.717) is 18.4 Å². The Kier molecular flexibility index (Phi) is 8.36. The van der Waals surface area contributed by atoms with Crippen LogP contribution in [-0.2, 0) is 20.8 Å². The molecule has 1 atom stereocenters. The van der Waals surface area contributed by atoms with Crippen molar-refractivity contribution in [3.63, 3.8) is 0 Å². The van der Waals surface area contributed by atoms with Crippen LogP contribution >= 0.6 is 0 Å². The number of nitrogens with zero attached hydrogens (tertiary/aromatic N) is 1.